The fraction of sp³-hybridized carbons (Fsp3) is 0.417. The third-order valence-corrected chi connectivity index (χ3v) is 2.33. The van der Waals surface area contributed by atoms with Crippen molar-refractivity contribution >= 4 is 27.5 Å². The molecule has 1 amide bonds. The summed E-state index contributed by atoms with van der Waals surface area (Å²) in [5, 5.41) is 2.45. The predicted octanol–water partition coefficient (Wildman–Crippen LogP) is 3.34. The van der Waals surface area contributed by atoms with Gasteiger partial charge in [-0.1, -0.05) is 15.9 Å². The Morgan fingerprint density at radius 1 is 1.47 bits per heavy atom. The van der Waals surface area contributed by atoms with Gasteiger partial charge in [-0.2, -0.15) is 0 Å². The van der Waals surface area contributed by atoms with E-state index in [1.165, 1.54) is 12.1 Å². The van der Waals surface area contributed by atoms with Crippen LogP contribution in [-0.2, 0) is 9.53 Å². The number of hydrogen-bond acceptors (Lipinski definition) is 2. The zero-order valence-corrected chi connectivity index (χ0v) is 11.6. The van der Waals surface area contributed by atoms with Crippen LogP contribution < -0.4 is 5.32 Å². The minimum atomic E-state index is -0.483. The van der Waals surface area contributed by atoms with E-state index in [-0.39, 0.29) is 18.2 Å². The fourth-order valence-electron chi connectivity index (χ4n) is 1.06. The highest BCUT2D eigenvalue weighted by atomic mass is 79.9. The van der Waals surface area contributed by atoms with Crippen molar-refractivity contribution in [2.75, 3.05) is 11.9 Å². The molecule has 0 aliphatic carbocycles. The van der Waals surface area contributed by atoms with Gasteiger partial charge in [-0.15, -0.1) is 0 Å². The van der Waals surface area contributed by atoms with Gasteiger partial charge in [0, 0.05) is 4.47 Å². The van der Waals surface area contributed by atoms with Crippen molar-refractivity contribution in [3.8, 4) is 0 Å². The second-order valence-electron chi connectivity index (χ2n) is 4.57. The smallest absolute Gasteiger partial charge is 0.250 e. The van der Waals surface area contributed by atoms with Crippen LogP contribution in [0.15, 0.2) is 22.7 Å². The average Bonchev–Trinajstić information content (AvgIpc) is 2.18. The highest BCUT2D eigenvalue weighted by Gasteiger charge is 2.14. The predicted molar refractivity (Wildman–Crippen MR) is 68.4 cm³/mol. The molecule has 0 unspecified atom stereocenters. The number of carbonyl (C=O) groups is 1. The van der Waals surface area contributed by atoms with Crippen molar-refractivity contribution in [2.45, 2.75) is 26.4 Å². The van der Waals surface area contributed by atoms with E-state index in [4.69, 9.17) is 4.74 Å². The van der Waals surface area contributed by atoms with E-state index in [1.54, 1.807) is 6.07 Å². The summed E-state index contributed by atoms with van der Waals surface area (Å²) in [6, 6.07) is 4.44. The maximum Gasteiger partial charge on any atom is 0.250 e. The number of rotatable bonds is 3. The average molecular weight is 304 g/mol. The van der Waals surface area contributed by atoms with Gasteiger partial charge in [0.25, 0.3) is 0 Å². The fourth-order valence-corrected chi connectivity index (χ4v) is 1.39. The van der Waals surface area contributed by atoms with E-state index in [0.29, 0.717) is 4.47 Å². The summed E-state index contributed by atoms with van der Waals surface area (Å²) in [6.07, 6.45) is 0. The molecule has 0 radical (unpaired) electrons. The molecule has 0 aliphatic heterocycles. The lowest BCUT2D eigenvalue weighted by Crippen LogP contribution is -2.27. The molecule has 0 aromatic heterocycles. The summed E-state index contributed by atoms with van der Waals surface area (Å²) >= 11 is 3.14. The number of amides is 1. The first-order valence-electron chi connectivity index (χ1n) is 5.17. The molecule has 0 fully saturated rings. The number of nitrogens with one attached hydrogen (secondary N) is 1. The molecule has 0 heterocycles. The normalized spacial score (nSPS) is 11.4. The Balaban J connectivity index is 2.57. The zero-order valence-electron chi connectivity index (χ0n) is 10.0. The third-order valence-electron chi connectivity index (χ3n) is 1.84. The quantitative estimate of drug-likeness (QED) is 0.930. The van der Waals surface area contributed by atoms with Crippen LogP contribution in [-0.4, -0.2) is 18.1 Å². The maximum absolute atomic E-state index is 13.4. The number of hydrogen-bond donors (Lipinski definition) is 1. The van der Waals surface area contributed by atoms with Crippen LogP contribution in [0, 0.1) is 5.82 Å². The standard InChI is InChI=1S/C12H15BrFNO2/c1-12(2,3)17-7-11(16)15-10-5-4-8(13)6-9(10)14/h4-6H,7H2,1-3H3,(H,15,16). The van der Waals surface area contributed by atoms with Crippen LogP contribution in [0.5, 0.6) is 0 Å². The summed E-state index contributed by atoms with van der Waals surface area (Å²) in [5.74, 6) is -0.857. The van der Waals surface area contributed by atoms with Gasteiger partial charge in [-0.3, -0.25) is 4.79 Å². The lowest BCUT2D eigenvalue weighted by atomic mass is 10.2. The van der Waals surface area contributed by atoms with Gasteiger partial charge in [-0.05, 0) is 39.0 Å². The third kappa shape index (κ3) is 5.28. The molecule has 94 valence electrons. The highest BCUT2D eigenvalue weighted by Crippen LogP contribution is 2.19. The van der Waals surface area contributed by atoms with Crippen LogP contribution in [0.3, 0.4) is 0 Å². The number of benzene rings is 1. The molecule has 0 bridgehead atoms. The summed E-state index contributed by atoms with van der Waals surface area (Å²) < 4.78 is 19.3. The summed E-state index contributed by atoms with van der Waals surface area (Å²) in [4.78, 5) is 11.5. The minimum absolute atomic E-state index is 0.0982. The van der Waals surface area contributed by atoms with Crippen molar-refractivity contribution in [2.24, 2.45) is 0 Å². The Morgan fingerprint density at radius 3 is 2.65 bits per heavy atom. The second kappa shape index (κ2) is 5.60. The van der Waals surface area contributed by atoms with E-state index in [0.717, 1.165) is 0 Å². The Morgan fingerprint density at radius 2 is 2.12 bits per heavy atom. The van der Waals surface area contributed by atoms with Gasteiger partial charge in [0.15, 0.2) is 0 Å². The Labute approximate surface area is 108 Å². The van der Waals surface area contributed by atoms with E-state index in [9.17, 15) is 9.18 Å². The number of carbonyl (C=O) groups excluding carboxylic acids is 1. The van der Waals surface area contributed by atoms with Gasteiger partial charge in [0.1, 0.15) is 12.4 Å². The first-order valence-corrected chi connectivity index (χ1v) is 5.96. The lowest BCUT2D eigenvalue weighted by Gasteiger charge is -2.19. The molecule has 3 nitrogen and oxygen atoms in total. The largest absolute Gasteiger partial charge is 0.366 e. The Hall–Kier alpha value is -0.940. The molecular formula is C12H15BrFNO2. The molecule has 1 rings (SSSR count). The molecule has 17 heavy (non-hydrogen) atoms. The second-order valence-corrected chi connectivity index (χ2v) is 5.49. The number of halogens is 2. The van der Waals surface area contributed by atoms with Crippen molar-refractivity contribution in [3.05, 3.63) is 28.5 Å². The topological polar surface area (TPSA) is 38.3 Å². The van der Waals surface area contributed by atoms with Crippen molar-refractivity contribution < 1.29 is 13.9 Å². The van der Waals surface area contributed by atoms with E-state index < -0.39 is 11.4 Å². The van der Waals surface area contributed by atoms with Crippen LogP contribution >= 0.6 is 15.9 Å². The first kappa shape index (κ1) is 14.1. The number of ether oxygens (including phenoxy) is 1. The molecule has 0 aliphatic rings. The Kier molecular flexibility index (Phi) is 4.65. The lowest BCUT2D eigenvalue weighted by molar-refractivity contribution is -0.125. The first-order chi connectivity index (χ1) is 7.78. The van der Waals surface area contributed by atoms with Crippen molar-refractivity contribution in [1.29, 1.82) is 0 Å². The van der Waals surface area contributed by atoms with E-state index in [2.05, 4.69) is 21.2 Å². The summed E-state index contributed by atoms with van der Waals surface area (Å²) in [7, 11) is 0. The molecule has 1 aromatic carbocycles. The molecule has 0 atom stereocenters. The van der Waals surface area contributed by atoms with Crippen LogP contribution in [0.2, 0.25) is 0 Å². The van der Waals surface area contributed by atoms with Gasteiger partial charge >= 0.3 is 0 Å². The molecule has 0 saturated heterocycles. The van der Waals surface area contributed by atoms with Gasteiger partial charge in [0.2, 0.25) is 5.91 Å². The molecule has 5 heteroatoms. The van der Waals surface area contributed by atoms with E-state index >= 15 is 0 Å². The summed E-state index contributed by atoms with van der Waals surface area (Å²) in [5.41, 5.74) is -0.244. The Bertz CT molecular complexity index is 415. The van der Waals surface area contributed by atoms with Crippen molar-refractivity contribution in [1.82, 2.24) is 0 Å². The van der Waals surface area contributed by atoms with Crippen molar-refractivity contribution in [3.63, 3.8) is 0 Å². The van der Waals surface area contributed by atoms with Gasteiger partial charge < -0.3 is 10.1 Å². The van der Waals surface area contributed by atoms with Crippen LogP contribution in [0.1, 0.15) is 20.8 Å². The molecular weight excluding hydrogens is 289 g/mol. The van der Waals surface area contributed by atoms with Gasteiger partial charge in [-0.25, -0.2) is 4.39 Å². The minimum Gasteiger partial charge on any atom is -0.366 e. The van der Waals surface area contributed by atoms with Gasteiger partial charge in [0.05, 0.1) is 11.3 Å². The van der Waals surface area contributed by atoms with Crippen LogP contribution in [0.25, 0.3) is 0 Å². The van der Waals surface area contributed by atoms with E-state index in [1.807, 2.05) is 20.8 Å². The number of anilines is 1. The molecule has 0 spiro atoms. The molecule has 1 aromatic rings. The molecule has 0 saturated carbocycles. The SMILES string of the molecule is CC(C)(C)OCC(=O)Nc1ccc(Br)cc1F. The monoisotopic (exact) mass is 303 g/mol. The zero-order chi connectivity index (χ0) is 13.1. The maximum atomic E-state index is 13.4. The van der Waals surface area contributed by atoms with Crippen LogP contribution in [0.4, 0.5) is 10.1 Å². The molecule has 1 N–H and O–H groups in total. The summed E-state index contributed by atoms with van der Waals surface area (Å²) in [6.45, 7) is 5.44. The highest BCUT2D eigenvalue weighted by molar-refractivity contribution is 9.10.